The zero-order valence-corrected chi connectivity index (χ0v) is 12.0. The highest BCUT2D eigenvalue weighted by Gasteiger charge is 2.41. The van der Waals surface area contributed by atoms with E-state index in [0.717, 1.165) is 32.5 Å². The minimum absolute atomic E-state index is 0.197. The SMILES string of the molecule is CN(CC1(N(C)C)CCC1)C(=O)[C@H]1CCCNC1. The topological polar surface area (TPSA) is 35.6 Å². The minimum atomic E-state index is 0.197. The normalized spacial score (nSPS) is 26.8. The molecule has 1 saturated heterocycles. The third-order valence-corrected chi connectivity index (χ3v) is 4.79. The Morgan fingerprint density at radius 3 is 2.44 bits per heavy atom. The molecule has 1 amide bonds. The van der Waals surface area contributed by atoms with Gasteiger partial charge in [0.05, 0.1) is 5.92 Å². The molecule has 1 heterocycles. The molecule has 2 fully saturated rings. The molecule has 0 unspecified atom stereocenters. The van der Waals surface area contributed by atoms with Gasteiger partial charge in [-0.05, 0) is 52.7 Å². The van der Waals surface area contributed by atoms with Crippen LogP contribution < -0.4 is 5.32 Å². The van der Waals surface area contributed by atoms with Gasteiger partial charge in [-0.25, -0.2) is 0 Å². The van der Waals surface area contributed by atoms with E-state index in [1.165, 1.54) is 19.3 Å². The first-order chi connectivity index (χ1) is 8.55. The molecule has 1 aliphatic carbocycles. The van der Waals surface area contributed by atoms with Crippen LogP contribution in [0.1, 0.15) is 32.1 Å². The molecule has 0 radical (unpaired) electrons. The van der Waals surface area contributed by atoms with E-state index in [4.69, 9.17) is 0 Å². The molecule has 4 nitrogen and oxygen atoms in total. The predicted molar refractivity (Wildman–Crippen MR) is 73.5 cm³/mol. The van der Waals surface area contributed by atoms with Crippen LogP contribution in [0.25, 0.3) is 0 Å². The smallest absolute Gasteiger partial charge is 0.226 e. The van der Waals surface area contributed by atoms with Gasteiger partial charge < -0.3 is 15.1 Å². The number of amides is 1. The van der Waals surface area contributed by atoms with Crippen molar-refractivity contribution in [2.75, 3.05) is 40.8 Å². The van der Waals surface area contributed by atoms with Crippen LogP contribution in [-0.2, 0) is 4.79 Å². The monoisotopic (exact) mass is 253 g/mol. The molecular weight excluding hydrogens is 226 g/mol. The summed E-state index contributed by atoms with van der Waals surface area (Å²) in [7, 11) is 6.25. The second-order valence-electron chi connectivity index (χ2n) is 6.21. The Morgan fingerprint density at radius 2 is 2.00 bits per heavy atom. The molecule has 1 atom stereocenters. The fraction of sp³-hybridized carbons (Fsp3) is 0.929. The number of carbonyl (C=O) groups is 1. The molecule has 18 heavy (non-hydrogen) atoms. The average Bonchev–Trinajstić information content (AvgIpc) is 2.33. The van der Waals surface area contributed by atoms with E-state index in [1.807, 2.05) is 11.9 Å². The van der Waals surface area contributed by atoms with Crippen LogP contribution in [0.15, 0.2) is 0 Å². The van der Waals surface area contributed by atoms with E-state index >= 15 is 0 Å². The first-order valence-corrected chi connectivity index (χ1v) is 7.18. The van der Waals surface area contributed by atoms with Gasteiger partial charge in [0.2, 0.25) is 5.91 Å². The van der Waals surface area contributed by atoms with Crippen LogP contribution in [0.4, 0.5) is 0 Å². The molecule has 0 spiro atoms. The highest BCUT2D eigenvalue weighted by atomic mass is 16.2. The molecule has 0 aromatic heterocycles. The maximum Gasteiger partial charge on any atom is 0.226 e. The Labute approximate surface area is 111 Å². The molecular formula is C14H27N3O. The molecule has 4 heteroatoms. The fourth-order valence-electron chi connectivity index (χ4n) is 3.23. The largest absolute Gasteiger partial charge is 0.344 e. The van der Waals surface area contributed by atoms with E-state index in [2.05, 4.69) is 24.3 Å². The van der Waals surface area contributed by atoms with Crippen molar-refractivity contribution in [1.82, 2.24) is 15.1 Å². The van der Waals surface area contributed by atoms with E-state index in [1.54, 1.807) is 0 Å². The van der Waals surface area contributed by atoms with Crippen molar-refractivity contribution >= 4 is 5.91 Å². The maximum atomic E-state index is 12.4. The lowest BCUT2D eigenvalue weighted by molar-refractivity contribution is -0.137. The number of likely N-dealkylation sites (N-methyl/N-ethyl adjacent to an activating group) is 2. The summed E-state index contributed by atoms with van der Waals surface area (Å²) >= 11 is 0. The first kappa shape index (κ1) is 13.8. The van der Waals surface area contributed by atoms with Crippen molar-refractivity contribution in [3.05, 3.63) is 0 Å². The van der Waals surface area contributed by atoms with Gasteiger partial charge in [-0.3, -0.25) is 4.79 Å². The third kappa shape index (κ3) is 2.69. The molecule has 0 bridgehead atoms. The van der Waals surface area contributed by atoms with Gasteiger partial charge in [0.25, 0.3) is 0 Å². The van der Waals surface area contributed by atoms with Gasteiger partial charge in [-0.1, -0.05) is 0 Å². The van der Waals surface area contributed by atoms with Crippen LogP contribution in [-0.4, -0.2) is 62.0 Å². The van der Waals surface area contributed by atoms with E-state index in [-0.39, 0.29) is 11.5 Å². The number of hydrogen-bond donors (Lipinski definition) is 1. The molecule has 0 aromatic rings. The number of hydrogen-bond acceptors (Lipinski definition) is 3. The van der Waals surface area contributed by atoms with Crippen molar-refractivity contribution in [1.29, 1.82) is 0 Å². The second-order valence-corrected chi connectivity index (χ2v) is 6.21. The van der Waals surface area contributed by atoms with E-state index < -0.39 is 0 Å². The molecule has 1 aliphatic heterocycles. The van der Waals surface area contributed by atoms with Crippen molar-refractivity contribution < 1.29 is 4.79 Å². The lowest BCUT2D eigenvalue weighted by atomic mass is 9.75. The maximum absolute atomic E-state index is 12.4. The Morgan fingerprint density at radius 1 is 1.28 bits per heavy atom. The van der Waals surface area contributed by atoms with Crippen molar-refractivity contribution in [3.63, 3.8) is 0 Å². The number of carbonyl (C=O) groups excluding carboxylic acids is 1. The molecule has 104 valence electrons. The number of rotatable bonds is 4. The van der Waals surface area contributed by atoms with Crippen LogP contribution >= 0.6 is 0 Å². The molecule has 0 aromatic carbocycles. The van der Waals surface area contributed by atoms with E-state index in [9.17, 15) is 4.79 Å². The zero-order valence-electron chi connectivity index (χ0n) is 12.0. The van der Waals surface area contributed by atoms with Crippen LogP contribution in [0, 0.1) is 5.92 Å². The van der Waals surface area contributed by atoms with Crippen LogP contribution in [0.5, 0.6) is 0 Å². The highest BCUT2D eigenvalue weighted by molar-refractivity contribution is 5.79. The zero-order chi connectivity index (χ0) is 13.2. The summed E-state index contributed by atoms with van der Waals surface area (Å²) in [5.74, 6) is 0.526. The lowest BCUT2D eigenvalue weighted by Gasteiger charge is -2.49. The number of piperidine rings is 1. The predicted octanol–water partition coefficient (Wildman–Crippen LogP) is 0.929. The Kier molecular flexibility index (Phi) is 4.28. The van der Waals surface area contributed by atoms with Gasteiger partial charge in [-0.2, -0.15) is 0 Å². The molecule has 2 rings (SSSR count). The quantitative estimate of drug-likeness (QED) is 0.809. The molecule has 2 aliphatic rings. The summed E-state index contributed by atoms with van der Waals surface area (Å²) in [6, 6.07) is 0. The third-order valence-electron chi connectivity index (χ3n) is 4.79. The van der Waals surface area contributed by atoms with Gasteiger partial charge in [0.1, 0.15) is 0 Å². The Balaban J connectivity index is 1.90. The summed E-state index contributed by atoms with van der Waals surface area (Å²) in [6.45, 7) is 2.81. The standard InChI is InChI=1S/C14H27N3O/c1-16(2)14(7-5-8-14)11-17(3)13(18)12-6-4-9-15-10-12/h12,15H,4-11H2,1-3H3/t12-/m0/s1. The molecule has 1 saturated carbocycles. The summed E-state index contributed by atoms with van der Waals surface area (Å²) in [5, 5.41) is 3.33. The average molecular weight is 253 g/mol. The summed E-state index contributed by atoms with van der Waals surface area (Å²) < 4.78 is 0. The van der Waals surface area contributed by atoms with Gasteiger partial charge >= 0.3 is 0 Å². The second kappa shape index (κ2) is 5.57. The van der Waals surface area contributed by atoms with Crippen molar-refractivity contribution in [2.24, 2.45) is 5.92 Å². The van der Waals surface area contributed by atoms with Gasteiger partial charge in [0.15, 0.2) is 0 Å². The lowest BCUT2D eigenvalue weighted by Crippen LogP contribution is -2.58. The highest BCUT2D eigenvalue weighted by Crippen LogP contribution is 2.36. The van der Waals surface area contributed by atoms with Crippen molar-refractivity contribution in [3.8, 4) is 0 Å². The summed E-state index contributed by atoms with van der Waals surface area (Å²) in [6.07, 6.45) is 5.92. The Bertz CT molecular complexity index is 293. The van der Waals surface area contributed by atoms with Crippen LogP contribution in [0.3, 0.4) is 0 Å². The van der Waals surface area contributed by atoms with Crippen LogP contribution in [0.2, 0.25) is 0 Å². The fourth-order valence-corrected chi connectivity index (χ4v) is 3.23. The number of nitrogens with one attached hydrogen (secondary N) is 1. The number of nitrogens with zero attached hydrogens (tertiary/aromatic N) is 2. The minimum Gasteiger partial charge on any atom is -0.344 e. The first-order valence-electron chi connectivity index (χ1n) is 7.18. The summed E-state index contributed by atoms with van der Waals surface area (Å²) in [5.41, 5.74) is 0.243. The Hall–Kier alpha value is -0.610. The molecule has 1 N–H and O–H groups in total. The summed E-state index contributed by atoms with van der Waals surface area (Å²) in [4.78, 5) is 16.7. The van der Waals surface area contributed by atoms with E-state index in [0.29, 0.717) is 5.91 Å². The van der Waals surface area contributed by atoms with Crippen molar-refractivity contribution in [2.45, 2.75) is 37.6 Å². The van der Waals surface area contributed by atoms with Gasteiger partial charge in [-0.15, -0.1) is 0 Å². The van der Waals surface area contributed by atoms with Gasteiger partial charge in [0, 0.05) is 25.7 Å².